The molecule has 1 fully saturated rings. The minimum atomic E-state index is -0.00513. The lowest BCUT2D eigenvalue weighted by Crippen LogP contribution is -2.27. The van der Waals surface area contributed by atoms with Gasteiger partial charge < -0.3 is 14.4 Å². The average molecular weight is 352 g/mol. The summed E-state index contributed by atoms with van der Waals surface area (Å²) in [7, 11) is 3.20. The summed E-state index contributed by atoms with van der Waals surface area (Å²) in [6.45, 7) is 1.59. The summed E-state index contributed by atoms with van der Waals surface area (Å²) in [6.07, 6.45) is 5.40. The standard InChI is InChI=1S/C19H20N4O3/c1-25-16-6-5-13(11-17(16)26-2)15-7-8-20-18-14(12-21-23(15)18)19(24)22-9-3-4-10-22/h5-8,11-12H,3-4,9-10H2,1-2H3. The number of hydrogen-bond acceptors (Lipinski definition) is 5. The fourth-order valence-electron chi connectivity index (χ4n) is 3.35. The largest absolute Gasteiger partial charge is 0.493 e. The Morgan fingerprint density at radius 1 is 1.08 bits per heavy atom. The van der Waals surface area contributed by atoms with Gasteiger partial charge in [0.2, 0.25) is 0 Å². The number of methoxy groups -OCH3 is 2. The zero-order chi connectivity index (χ0) is 18.1. The number of rotatable bonds is 4. The van der Waals surface area contributed by atoms with Crippen LogP contribution in [0.3, 0.4) is 0 Å². The van der Waals surface area contributed by atoms with Crippen molar-refractivity contribution in [3.05, 3.63) is 42.2 Å². The van der Waals surface area contributed by atoms with Gasteiger partial charge in [0.25, 0.3) is 5.91 Å². The molecule has 7 nitrogen and oxygen atoms in total. The second kappa shape index (κ2) is 6.67. The Balaban J connectivity index is 1.79. The summed E-state index contributed by atoms with van der Waals surface area (Å²) in [5.41, 5.74) is 2.83. The highest BCUT2D eigenvalue weighted by atomic mass is 16.5. The summed E-state index contributed by atoms with van der Waals surface area (Å²) >= 11 is 0. The zero-order valence-corrected chi connectivity index (χ0v) is 14.8. The normalized spacial score (nSPS) is 14.0. The van der Waals surface area contributed by atoms with Gasteiger partial charge in [0.15, 0.2) is 17.1 Å². The fraction of sp³-hybridized carbons (Fsp3) is 0.316. The first-order valence-corrected chi connectivity index (χ1v) is 8.57. The molecule has 1 aliphatic rings. The molecule has 134 valence electrons. The van der Waals surface area contributed by atoms with Gasteiger partial charge in [-0.25, -0.2) is 9.50 Å². The van der Waals surface area contributed by atoms with E-state index in [-0.39, 0.29) is 5.91 Å². The number of ether oxygens (including phenoxy) is 2. The molecule has 26 heavy (non-hydrogen) atoms. The molecule has 1 aromatic carbocycles. The number of aromatic nitrogens is 3. The van der Waals surface area contributed by atoms with Crippen LogP contribution in [-0.2, 0) is 0 Å². The molecule has 0 unspecified atom stereocenters. The first-order valence-electron chi connectivity index (χ1n) is 8.57. The van der Waals surface area contributed by atoms with E-state index in [0.717, 1.165) is 37.2 Å². The van der Waals surface area contributed by atoms with Crippen molar-refractivity contribution in [1.82, 2.24) is 19.5 Å². The lowest BCUT2D eigenvalue weighted by molar-refractivity contribution is 0.0794. The van der Waals surface area contributed by atoms with E-state index in [0.29, 0.717) is 22.7 Å². The molecule has 4 rings (SSSR count). The van der Waals surface area contributed by atoms with Crippen LogP contribution in [0.1, 0.15) is 23.2 Å². The Labute approximate surface area is 151 Å². The first-order chi connectivity index (χ1) is 12.7. The van der Waals surface area contributed by atoms with E-state index in [1.165, 1.54) is 0 Å². The number of fused-ring (bicyclic) bond motifs is 1. The number of hydrogen-bond donors (Lipinski definition) is 0. The SMILES string of the molecule is COc1ccc(-c2ccnc3c(C(=O)N4CCCC4)cnn23)cc1OC. The molecule has 1 aliphatic heterocycles. The van der Waals surface area contributed by atoms with Crippen molar-refractivity contribution < 1.29 is 14.3 Å². The maximum atomic E-state index is 12.7. The highest BCUT2D eigenvalue weighted by molar-refractivity contribution is 6.00. The molecule has 3 aromatic rings. The maximum absolute atomic E-state index is 12.7. The first kappa shape index (κ1) is 16.4. The lowest BCUT2D eigenvalue weighted by atomic mass is 10.1. The van der Waals surface area contributed by atoms with Crippen LogP contribution in [0.4, 0.5) is 0 Å². The van der Waals surface area contributed by atoms with E-state index in [1.807, 2.05) is 29.2 Å². The van der Waals surface area contributed by atoms with Crippen LogP contribution in [0.2, 0.25) is 0 Å². The maximum Gasteiger partial charge on any atom is 0.259 e. The number of nitrogens with zero attached hydrogens (tertiary/aromatic N) is 4. The lowest BCUT2D eigenvalue weighted by Gasteiger charge is -2.14. The molecular formula is C19H20N4O3. The summed E-state index contributed by atoms with van der Waals surface area (Å²) in [6, 6.07) is 7.53. The number of carbonyl (C=O) groups is 1. The van der Waals surface area contributed by atoms with Crippen LogP contribution in [-0.4, -0.2) is 52.7 Å². The molecule has 1 amide bonds. The van der Waals surface area contributed by atoms with E-state index in [4.69, 9.17) is 9.47 Å². The van der Waals surface area contributed by atoms with Gasteiger partial charge in [-0.3, -0.25) is 4.79 Å². The number of likely N-dealkylation sites (tertiary alicyclic amines) is 1. The van der Waals surface area contributed by atoms with Crippen molar-refractivity contribution in [2.24, 2.45) is 0 Å². The number of amides is 1. The molecule has 2 aromatic heterocycles. The van der Waals surface area contributed by atoms with Crippen LogP contribution >= 0.6 is 0 Å². The third-order valence-electron chi connectivity index (χ3n) is 4.70. The molecule has 0 atom stereocenters. The van der Waals surface area contributed by atoms with Gasteiger partial charge >= 0.3 is 0 Å². The zero-order valence-electron chi connectivity index (χ0n) is 14.8. The Bertz CT molecular complexity index is 961. The van der Waals surface area contributed by atoms with Gasteiger partial charge in [0.05, 0.1) is 26.1 Å². The molecule has 1 saturated heterocycles. The van der Waals surface area contributed by atoms with Crippen molar-refractivity contribution >= 4 is 11.6 Å². The van der Waals surface area contributed by atoms with Crippen molar-refractivity contribution in [3.8, 4) is 22.8 Å². The Morgan fingerprint density at radius 3 is 2.58 bits per heavy atom. The fourth-order valence-corrected chi connectivity index (χ4v) is 3.35. The molecule has 0 saturated carbocycles. The molecule has 0 spiro atoms. The van der Waals surface area contributed by atoms with Gasteiger partial charge in [0, 0.05) is 24.8 Å². The van der Waals surface area contributed by atoms with Crippen molar-refractivity contribution in [2.45, 2.75) is 12.8 Å². The second-order valence-electron chi connectivity index (χ2n) is 6.19. The van der Waals surface area contributed by atoms with Gasteiger partial charge in [-0.15, -0.1) is 0 Å². The average Bonchev–Trinajstić information content (AvgIpc) is 3.36. The van der Waals surface area contributed by atoms with E-state index in [1.54, 1.807) is 31.1 Å². The van der Waals surface area contributed by atoms with Crippen LogP contribution in [0.25, 0.3) is 16.9 Å². The quantitative estimate of drug-likeness (QED) is 0.722. The minimum Gasteiger partial charge on any atom is -0.493 e. The monoisotopic (exact) mass is 352 g/mol. The molecule has 0 aliphatic carbocycles. The van der Waals surface area contributed by atoms with Crippen LogP contribution < -0.4 is 9.47 Å². The Hall–Kier alpha value is -3.09. The topological polar surface area (TPSA) is 69.0 Å². The van der Waals surface area contributed by atoms with Crippen LogP contribution in [0.5, 0.6) is 11.5 Å². The predicted octanol–water partition coefficient (Wildman–Crippen LogP) is 2.65. The number of carbonyl (C=O) groups excluding carboxylic acids is 1. The highest BCUT2D eigenvalue weighted by Gasteiger charge is 2.24. The van der Waals surface area contributed by atoms with E-state index < -0.39 is 0 Å². The summed E-state index contributed by atoms with van der Waals surface area (Å²) in [4.78, 5) is 19.0. The molecule has 7 heteroatoms. The van der Waals surface area contributed by atoms with Crippen LogP contribution in [0.15, 0.2) is 36.7 Å². The highest BCUT2D eigenvalue weighted by Crippen LogP contribution is 2.32. The summed E-state index contributed by atoms with van der Waals surface area (Å²) in [5.74, 6) is 1.29. The second-order valence-corrected chi connectivity index (χ2v) is 6.19. The van der Waals surface area contributed by atoms with Gasteiger partial charge in [-0.1, -0.05) is 0 Å². The third-order valence-corrected chi connectivity index (χ3v) is 4.70. The smallest absolute Gasteiger partial charge is 0.259 e. The molecule has 0 N–H and O–H groups in total. The van der Waals surface area contributed by atoms with Crippen LogP contribution in [0, 0.1) is 0 Å². The minimum absolute atomic E-state index is 0.00513. The molecule has 3 heterocycles. The van der Waals surface area contributed by atoms with E-state index >= 15 is 0 Å². The molecule has 0 radical (unpaired) electrons. The van der Waals surface area contributed by atoms with E-state index in [9.17, 15) is 4.79 Å². The third kappa shape index (κ3) is 2.65. The van der Waals surface area contributed by atoms with Crippen molar-refractivity contribution in [2.75, 3.05) is 27.3 Å². The van der Waals surface area contributed by atoms with Gasteiger partial charge in [-0.05, 0) is 37.1 Å². The Kier molecular flexibility index (Phi) is 4.20. The predicted molar refractivity (Wildman–Crippen MR) is 96.7 cm³/mol. The van der Waals surface area contributed by atoms with Gasteiger partial charge in [0.1, 0.15) is 5.56 Å². The number of benzene rings is 1. The van der Waals surface area contributed by atoms with Crippen molar-refractivity contribution in [1.29, 1.82) is 0 Å². The van der Waals surface area contributed by atoms with Gasteiger partial charge in [-0.2, -0.15) is 5.10 Å². The molecule has 0 bridgehead atoms. The Morgan fingerprint density at radius 2 is 1.85 bits per heavy atom. The molecular weight excluding hydrogens is 332 g/mol. The summed E-state index contributed by atoms with van der Waals surface area (Å²) in [5, 5.41) is 4.42. The van der Waals surface area contributed by atoms with Crippen molar-refractivity contribution in [3.63, 3.8) is 0 Å². The van der Waals surface area contributed by atoms with E-state index in [2.05, 4.69) is 10.1 Å². The summed E-state index contributed by atoms with van der Waals surface area (Å²) < 4.78 is 12.4.